The number of nitrogens with zero attached hydrogens (tertiary/aromatic N) is 2. The number of aldehydes is 1. The largest absolute Gasteiger partial charge is 0.481 e. The van der Waals surface area contributed by atoms with Gasteiger partial charge in [-0.05, 0) is 31.2 Å². The molecule has 3 unspecified atom stereocenters. The fraction of sp³-hybridized carbons (Fsp3) is 0.478. The van der Waals surface area contributed by atoms with Gasteiger partial charge in [0.05, 0.1) is 12.5 Å². The first-order valence-corrected chi connectivity index (χ1v) is 11.2. The first-order chi connectivity index (χ1) is 16.3. The molecule has 2 saturated heterocycles. The summed E-state index contributed by atoms with van der Waals surface area (Å²) in [6, 6.07) is 6.08. The summed E-state index contributed by atoms with van der Waals surface area (Å²) in [7, 11) is 0. The van der Waals surface area contributed by atoms with E-state index in [9.17, 15) is 28.8 Å². The normalized spacial score (nSPS) is 21.2. The number of aryl methyl sites for hydroxylation is 1. The summed E-state index contributed by atoms with van der Waals surface area (Å²) >= 11 is 0. The molecule has 0 aliphatic carbocycles. The second-order valence-corrected chi connectivity index (χ2v) is 8.35. The van der Waals surface area contributed by atoms with Crippen molar-refractivity contribution in [2.75, 3.05) is 6.54 Å². The summed E-state index contributed by atoms with van der Waals surface area (Å²) in [6.07, 6.45) is 1.18. The molecule has 3 rings (SSSR count). The standard InChI is InChI=1S/C23H28N4O7/c28-14-16(13-21(31)32)24-22(33)18-7-4-12-26-20(30)11-9-17(23(34)27(18)26)25-19(29)10-8-15-5-2-1-3-6-15/h1-3,5-6,14,16-18H,4,7-13H2,(H,24,33)(H,25,29)(H,31,32). The minimum Gasteiger partial charge on any atom is -0.481 e. The number of carbonyl (C=O) groups excluding carboxylic acids is 5. The van der Waals surface area contributed by atoms with Gasteiger partial charge in [0, 0.05) is 19.4 Å². The molecule has 3 atom stereocenters. The Morgan fingerprint density at radius 3 is 2.56 bits per heavy atom. The fourth-order valence-corrected chi connectivity index (χ4v) is 4.18. The number of carbonyl (C=O) groups is 6. The van der Waals surface area contributed by atoms with E-state index in [-0.39, 0.29) is 44.0 Å². The lowest BCUT2D eigenvalue weighted by Gasteiger charge is -2.43. The highest BCUT2D eigenvalue weighted by molar-refractivity contribution is 5.96. The van der Waals surface area contributed by atoms with E-state index in [4.69, 9.17) is 5.11 Å². The predicted octanol–water partition coefficient (Wildman–Crippen LogP) is -0.209. The van der Waals surface area contributed by atoms with Crippen molar-refractivity contribution in [1.82, 2.24) is 20.7 Å². The highest BCUT2D eigenvalue weighted by Gasteiger charge is 2.44. The number of nitrogens with one attached hydrogen (secondary N) is 2. The van der Waals surface area contributed by atoms with Gasteiger partial charge in [-0.3, -0.25) is 29.0 Å². The molecule has 0 bridgehead atoms. The molecule has 2 heterocycles. The van der Waals surface area contributed by atoms with E-state index in [1.165, 1.54) is 5.01 Å². The van der Waals surface area contributed by atoms with E-state index >= 15 is 0 Å². The van der Waals surface area contributed by atoms with Crippen LogP contribution in [0.15, 0.2) is 30.3 Å². The van der Waals surface area contributed by atoms with Gasteiger partial charge in [-0.1, -0.05) is 30.3 Å². The molecular weight excluding hydrogens is 444 g/mol. The Kier molecular flexibility index (Phi) is 8.34. The van der Waals surface area contributed by atoms with Gasteiger partial charge in [-0.15, -0.1) is 0 Å². The van der Waals surface area contributed by atoms with Gasteiger partial charge in [-0.2, -0.15) is 0 Å². The van der Waals surface area contributed by atoms with Crippen molar-refractivity contribution in [2.24, 2.45) is 0 Å². The Morgan fingerprint density at radius 1 is 1.15 bits per heavy atom. The van der Waals surface area contributed by atoms with Crippen LogP contribution in [0, 0.1) is 0 Å². The quantitative estimate of drug-likeness (QED) is 0.420. The monoisotopic (exact) mass is 472 g/mol. The van der Waals surface area contributed by atoms with Gasteiger partial charge in [0.2, 0.25) is 17.7 Å². The topological polar surface area (TPSA) is 153 Å². The van der Waals surface area contributed by atoms with Crippen molar-refractivity contribution in [2.45, 2.75) is 63.1 Å². The Balaban J connectivity index is 1.71. The third-order valence-corrected chi connectivity index (χ3v) is 5.87. The van der Waals surface area contributed by atoms with Crippen molar-refractivity contribution in [3.05, 3.63) is 35.9 Å². The average Bonchev–Trinajstić information content (AvgIpc) is 2.94. The number of benzene rings is 1. The van der Waals surface area contributed by atoms with E-state index in [1.807, 2.05) is 30.3 Å². The molecule has 2 aliphatic rings. The summed E-state index contributed by atoms with van der Waals surface area (Å²) < 4.78 is 0. The number of amides is 4. The van der Waals surface area contributed by atoms with Crippen LogP contribution in [0.4, 0.5) is 0 Å². The number of hydrazine groups is 1. The van der Waals surface area contributed by atoms with Gasteiger partial charge in [-0.25, -0.2) is 5.01 Å². The number of aliphatic carboxylic acids is 1. The Bertz CT molecular complexity index is 952. The first-order valence-electron chi connectivity index (χ1n) is 11.2. The minimum atomic E-state index is -1.26. The molecule has 11 nitrogen and oxygen atoms in total. The highest BCUT2D eigenvalue weighted by atomic mass is 16.4. The Hall–Kier alpha value is -3.76. The molecule has 0 radical (unpaired) electrons. The predicted molar refractivity (Wildman–Crippen MR) is 118 cm³/mol. The summed E-state index contributed by atoms with van der Waals surface area (Å²) in [6.45, 7) is 0.245. The number of hydrogen-bond donors (Lipinski definition) is 3. The van der Waals surface area contributed by atoms with Crippen LogP contribution < -0.4 is 10.6 Å². The van der Waals surface area contributed by atoms with Crippen LogP contribution in [0.1, 0.15) is 44.1 Å². The minimum absolute atomic E-state index is 0.0240. The van der Waals surface area contributed by atoms with Crippen LogP contribution >= 0.6 is 0 Å². The maximum absolute atomic E-state index is 13.4. The van der Waals surface area contributed by atoms with Crippen molar-refractivity contribution in [1.29, 1.82) is 0 Å². The van der Waals surface area contributed by atoms with E-state index in [2.05, 4.69) is 10.6 Å². The van der Waals surface area contributed by atoms with Crippen molar-refractivity contribution < 1.29 is 33.9 Å². The lowest BCUT2D eigenvalue weighted by Crippen LogP contribution is -2.64. The second kappa shape index (κ2) is 11.4. The smallest absolute Gasteiger partial charge is 0.305 e. The lowest BCUT2D eigenvalue weighted by molar-refractivity contribution is -0.176. The molecule has 3 N–H and O–H groups in total. The number of rotatable bonds is 9. The molecule has 2 fully saturated rings. The average molecular weight is 472 g/mol. The lowest BCUT2D eigenvalue weighted by atomic mass is 10.0. The molecule has 182 valence electrons. The SMILES string of the molecule is O=CC(CC(=O)O)NC(=O)C1CCCN2C(=O)CCC(NC(=O)CCc3ccccc3)C(=O)N12. The summed E-state index contributed by atoms with van der Waals surface area (Å²) in [5.74, 6) is -3.25. The zero-order valence-corrected chi connectivity index (χ0v) is 18.6. The molecule has 0 spiro atoms. The number of hydrogen-bond acceptors (Lipinski definition) is 6. The molecule has 2 aliphatic heterocycles. The van der Waals surface area contributed by atoms with Gasteiger partial charge in [0.1, 0.15) is 18.4 Å². The zero-order chi connectivity index (χ0) is 24.7. The van der Waals surface area contributed by atoms with Crippen LogP contribution in [0.5, 0.6) is 0 Å². The molecule has 1 aromatic carbocycles. The number of fused-ring (bicyclic) bond motifs is 1. The van der Waals surface area contributed by atoms with Crippen LogP contribution in [-0.4, -0.2) is 75.7 Å². The first kappa shape index (κ1) is 24.9. The second-order valence-electron chi connectivity index (χ2n) is 8.35. The van der Waals surface area contributed by atoms with E-state index in [0.717, 1.165) is 10.6 Å². The number of carboxylic acid groups (broad SMARTS) is 1. The number of carboxylic acids is 1. The van der Waals surface area contributed by atoms with Crippen LogP contribution in [0.25, 0.3) is 0 Å². The summed E-state index contributed by atoms with van der Waals surface area (Å²) in [5.41, 5.74) is 0.977. The maximum Gasteiger partial charge on any atom is 0.305 e. The van der Waals surface area contributed by atoms with E-state index in [1.54, 1.807) is 0 Å². The third kappa shape index (κ3) is 6.18. The molecule has 1 aromatic rings. The maximum atomic E-state index is 13.4. The molecule has 11 heteroatoms. The van der Waals surface area contributed by atoms with Crippen LogP contribution in [0.3, 0.4) is 0 Å². The Morgan fingerprint density at radius 2 is 1.88 bits per heavy atom. The molecule has 0 aromatic heterocycles. The summed E-state index contributed by atoms with van der Waals surface area (Å²) in [4.78, 5) is 73.5. The van der Waals surface area contributed by atoms with Crippen LogP contribution in [-0.2, 0) is 35.2 Å². The van der Waals surface area contributed by atoms with E-state index in [0.29, 0.717) is 19.1 Å². The highest BCUT2D eigenvalue weighted by Crippen LogP contribution is 2.25. The molecule has 0 saturated carbocycles. The van der Waals surface area contributed by atoms with Crippen molar-refractivity contribution in [3.8, 4) is 0 Å². The van der Waals surface area contributed by atoms with Crippen molar-refractivity contribution in [3.63, 3.8) is 0 Å². The van der Waals surface area contributed by atoms with Crippen molar-refractivity contribution >= 4 is 35.9 Å². The van der Waals surface area contributed by atoms with Gasteiger partial charge < -0.3 is 20.5 Å². The van der Waals surface area contributed by atoms with Gasteiger partial charge in [0.25, 0.3) is 5.91 Å². The fourth-order valence-electron chi connectivity index (χ4n) is 4.18. The Labute approximate surface area is 196 Å². The van der Waals surface area contributed by atoms with Crippen LogP contribution in [0.2, 0.25) is 0 Å². The molecular formula is C23H28N4O7. The van der Waals surface area contributed by atoms with Gasteiger partial charge in [0.15, 0.2) is 0 Å². The zero-order valence-electron chi connectivity index (χ0n) is 18.6. The van der Waals surface area contributed by atoms with E-state index < -0.39 is 42.3 Å². The van der Waals surface area contributed by atoms with Gasteiger partial charge >= 0.3 is 5.97 Å². The molecule has 4 amide bonds. The molecule has 34 heavy (non-hydrogen) atoms. The third-order valence-electron chi connectivity index (χ3n) is 5.87. The summed E-state index contributed by atoms with van der Waals surface area (Å²) in [5, 5.41) is 16.2.